The zero-order chi connectivity index (χ0) is 21.1. The Labute approximate surface area is 163 Å². The highest BCUT2D eigenvalue weighted by molar-refractivity contribution is 6.19. The van der Waals surface area contributed by atoms with Crippen molar-refractivity contribution in [3.8, 4) is 0 Å². The number of allylic oxidation sites excluding steroid dienone is 1. The van der Waals surface area contributed by atoms with E-state index in [-0.39, 0.29) is 35.7 Å². The molecule has 1 aliphatic carbocycles. The second-order valence-electron chi connectivity index (χ2n) is 6.19. The third-order valence-electron chi connectivity index (χ3n) is 4.70. The number of ether oxygens (including phenoxy) is 3. The fourth-order valence-corrected chi connectivity index (χ4v) is 3.56. The first-order valence-electron chi connectivity index (χ1n) is 8.93. The van der Waals surface area contributed by atoms with Gasteiger partial charge in [-0.15, -0.1) is 0 Å². The summed E-state index contributed by atoms with van der Waals surface area (Å²) < 4.78 is 15.3. The molecule has 0 saturated heterocycles. The molecule has 0 spiro atoms. The molecule has 0 atom stereocenters. The Morgan fingerprint density at radius 2 is 1.57 bits per heavy atom. The number of carbonyl (C=O) groups is 3. The zero-order valence-electron chi connectivity index (χ0n) is 16.6. The third-order valence-corrected chi connectivity index (χ3v) is 4.70. The maximum atomic E-state index is 13.1. The minimum Gasteiger partial charge on any atom is -0.512 e. The topological polar surface area (TPSA) is 99.1 Å². The van der Waals surface area contributed by atoms with Gasteiger partial charge in [-0.25, -0.2) is 4.79 Å². The number of rotatable bonds is 6. The van der Waals surface area contributed by atoms with E-state index >= 15 is 0 Å². The normalized spacial score (nSPS) is 15.5. The number of hydrogen-bond donors (Lipinski definition) is 1. The molecule has 0 aromatic heterocycles. The van der Waals surface area contributed by atoms with Gasteiger partial charge >= 0.3 is 17.9 Å². The molecule has 1 N–H and O–H groups in total. The summed E-state index contributed by atoms with van der Waals surface area (Å²) in [6, 6.07) is 6.66. The van der Waals surface area contributed by atoms with Gasteiger partial charge in [0.25, 0.3) is 0 Å². The molecule has 1 aliphatic rings. The van der Waals surface area contributed by atoms with Crippen LogP contribution in [-0.2, 0) is 34.0 Å². The van der Waals surface area contributed by atoms with E-state index < -0.39 is 23.3 Å². The van der Waals surface area contributed by atoms with Crippen molar-refractivity contribution >= 4 is 23.5 Å². The molecule has 0 aliphatic heterocycles. The molecule has 0 amide bonds. The second kappa shape index (κ2) is 8.29. The van der Waals surface area contributed by atoms with Gasteiger partial charge in [-0.2, -0.15) is 0 Å². The molecule has 1 aromatic rings. The molecular weight excluding hydrogens is 364 g/mol. The van der Waals surface area contributed by atoms with E-state index in [2.05, 4.69) is 0 Å². The van der Waals surface area contributed by atoms with E-state index in [9.17, 15) is 19.5 Å². The van der Waals surface area contributed by atoms with Gasteiger partial charge in [-0.1, -0.05) is 24.3 Å². The molecule has 0 radical (unpaired) electrons. The molecule has 0 fully saturated rings. The van der Waals surface area contributed by atoms with Crippen molar-refractivity contribution in [2.75, 3.05) is 20.3 Å². The Morgan fingerprint density at radius 3 is 2.04 bits per heavy atom. The third kappa shape index (κ3) is 3.06. The largest absolute Gasteiger partial charge is 0.512 e. The minimum absolute atomic E-state index is 0.0590. The fourth-order valence-electron chi connectivity index (χ4n) is 3.56. The van der Waals surface area contributed by atoms with Crippen LogP contribution < -0.4 is 0 Å². The van der Waals surface area contributed by atoms with Gasteiger partial charge in [0, 0.05) is 5.57 Å². The summed E-state index contributed by atoms with van der Waals surface area (Å²) in [7, 11) is 1.19. The fraction of sp³-hybridized carbons (Fsp3) is 0.381. The summed E-state index contributed by atoms with van der Waals surface area (Å²) in [5, 5.41) is 10.2. The number of aliphatic hydroxyl groups excluding tert-OH is 1. The number of aliphatic hydroxyl groups is 1. The van der Waals surface area contributed by atoms with Crippen molar-refractivity contribution in [1.82, 2.24) is 0 Å². The summed E-state index contributed by atoms with van der Waals surface area (Å²) in [4.78, 5) is 38.6. The van der Waals surface area contributed by atoms with Gasteiger partial charge in [0.05, 0.1) is 20.3 Å². The lowest BCUT2D eigenvalue weighted by Gasteiger charge is -2.27. The van der Waals surface area contributed by atoms with Crippen molar-refractivity contribution in [2.45, 2.75) is 33.1 Å². The van der Waals surface area contributed by atoms with E-state index in [1.807, 2.05) is 0 Å². The van der Waals surface area contributed by atoms with Crippen LogP contribution in [0.2, 0.25) is 0 Å². The minimum atomic E-state index is -1.87. The predicted molar refractivity (Wildman–Crippen MR) is 101 cm³/mol. The molecule has 28 heavy (non-hydrogen) atoms. The average molecular weight is 388 g/mol. The summed E-state index contributed by atoms with van der Waals surface area (Å²) in [5.74, 6) is -2.67. The first-order valence-corrected chi connectivity index (χ1v) is 8.93. The Balaban J connectivity index is 2.95. The van der Waals surface area contributed by atoms with Crippen molar-refractivity contribution in [3.05, 3.63) is 52.3 Å². The predicted octanol–water partition coefficient (Wildman–Crippen LogP) is 2.84. The zero-order valence-corrected chi connectivity index (χ0v) is 16.6. The van der Waals surface area contributed by atoms with E-state index in [0.717, 1.165) is 0 Å². The Kier molecular flexibility index (Phi) is 6.28. The number of fused-ring (bicyclic) bond motifs is 1. The lowest BCUT2D eigenvalue weighted by Crippen LogP contribution is -2.46. The number of benzene rings is 1. The molecule has 0 heterocycles. The molecule has 0 saturated carbocycles. The van der Waals surface area contributed by atoms with E-state index in [1.54, 1.807) is 45.0 Å². The molecule has 0 bridgehead atoms. The van der Waals surface area contributed by atoms with Crippen LogP contribution in [0.1, 0.15) is 38.8 Å². The van der Waals surface area contributed by atoms with Crippen molar-refractivity contribution in [2.24, 2.45) is 0 Å². The van der Waals surface area contributed by atoms with Crippen LogP contribution in [0.3, 0.4) is 0 Å². The summed E-state index contributed by atoms with van der Waals surface area (Å²) in [6.45, 7) is 6.27. The van der Waals surface area contributed by atoms with Crippen LogP contribution in [0, 0.1) is 0 Å². The standard InChI is InChI=1S/C21H24O7/c1-6-27-19(24)21(20(25)28-7-2)12(3)16(14-10-8-9-11-15(14)21)17(13(4)22)18(23)26-5/h8-11,22H,6-7H2,1-5H3/b17-13+. The Bertz CT molecular complexity index is 854. The molecule has 0 unspecified atom stereocenters. The first kappa shape index (κ1) is 21.2. The molecule has 2 rings (SSSR count). The van der Waals surface area contributed by atoms with Crippen LogP contribution in [-0.4, -0.2) is 43.3 Å². The van der Waals surface area contributed by atoms with Gasteiger partial charge in [0.2, 0.25) is 5.41 Å². The monoisotopic (exact) mass is 388 g/mol. The highest BCUT2D eigenvalue weighted by atomic mass is 16.6. The van der Waals surface area contributed by atoms with E-state index in [0.29, 0.717) is 11.1 Å². The maximum Gasteiger partial charge on any atom is 0.341 e. The van der Waals surface area contributed by atoms with Crippen LogP contribution >= 0.6 is 0 Å². The lowest BCUT2D eigenvalue weighted by atomic mass is 9.77. The van der Waals surface area contributed by atoms with Crippen LogP contribution in [0.5, 0.6) is 0 Å². The van der Waals surface area contributed by atoms with E-state index in [4.69, 9.17) is 14.2 Å². The number of esters is 3. The van der Waals surface area contributed by atoms with Gasteiger partial charge in [0.1, 0.15) is 11.3 Å². The van der Waals surface area contributed by atoms with Crippen molar-refractivity contribution in [1.29, 1.82) is 0 Å². The van der Waals surface area contributed by atoms with Gasteiger partial charge in [0.15, 0.2) is 0 Å². The molecule has 7 heteroatoms. The quantitative estimate of drug-likeness (QED) is 0.263. The van der Waals surface area contributed by atoms with Gasteiger partial charge in [-0.05, 0) is 44.4 Å². The highest BCUT2D eigenvalue weighted by Gasteiger charge is 2.58. The number of methoxy groups -OCH3 is 1. The van der Waals surface area contributed by atoms with Gasteiger partial charge in [-0.3, -0.25) is 9.59 Å². The molecule has 1 aromatic carbocycles. The summed E-state index contributed by atoms with van der Waals surface area (Å²) in [6.07, 6.45) is 0. The molecule has 150 valence electrons. The Hall–Kier alpha value is -3.09. The average Bonchev–Trinajstić information content (AvgIpc) is 2.91. The Morgan fingerprint density at radius 1 is 1.04 bits per heavy atom. The van der Waals surface area contributed by atoms with Gasteiger partial charge < -0.3 is 19.3 Å². The van der Waals surface area contributed by atoms with Crippen LogP contribution in [0.25, 0.3) is 5.57 Å². The SMILES string of the molecule is CCOC(=O)C1(C(=O)OCC)C(C)=C(/C(C(=O)OC)=C(/C)O)c2ccccc21. The first-order chi connectivity index (χ1) is 13.3. The number of carbonyl (C=O) groups excluding carboxylic acids is 3. The second-order valence-corrected chi connectivity index (χ2v) is 6.19. The molecule has 7 nitrogen and oxygen atoms in total. The van der Waals surface area contributed by atoms with Crippen molar-refractivity contribution in [3.63, 3.8) is 0 Å². The number of hydrogen-bond acceptors (Lipinski definition) is 7. The summed E-state index contributed by atoms with van der Waals surface area (Å²) >= 11 is 0. The lowest BCUT2D eigenvalue weighted by molar-refractivity contribution is -0.162. The van der Waals surface area contributed by atoms with Crippen LogP contribution in [0.15, 0.2) is 41.2 Å². The smallest absolute Gasteiger partial charge is 0.341 e. The van der Waals surface area contributed by atoms with E-state index in [1.165, 1.54) is 14.0 Å². The summed E-state index contributed by atoms with van der Waals surface area (Å²) in [5.41, 5.74) is -0.713. The van der Waals surface area contributed by atoms with Crippen molar-refractivity contribution < 1.29 is 33.7 Å². The van der Waals surface area contributed by atoms with Crippen LogP contribution in [0.4, 0.5) is 0 Å². The maximum absolute atomic E-state index is 13.1. The highest BCUT2D eigenvalue weighted by Crippen LogP contribution is 2.51. The molecular formula is C21H24O7.